The highest BCUT2D eigenvalue weighted by Crippen LogP contribution is 2.38. The summed E-state index contributed by atoms with van der Waals surface area (Å²) in [7, 11) is 3.62. The van der Waals surface area contributed by atoms with Gasteiger partial charge in [-0.25, -0.2) is 4.31 Å². The Bertz CT molecular complexity index is 364. The van der Waals surface area contributed by atoms with Gasteiger partial charge < -0.3 is 5.32 Å². The van der Waals surface area contributed by atoms with E-state index in [1.54, 1.807) is 4.31 Å². The Labute approximate surface area is 113 Å². The molecule has 0 spiro atoms. The van der Waals surface area contributed by atoms with E-state index >= 15 is 0 Å². The highest BCUT2D eigenvalue weighted by molar-refractivity contribution is 8.11. The summed E-state index contributed by atoms with van der Waals surface area (Å²) < 4.78 is 1.73. The highest BCUT2D eigenvalue weighted by Gasteiger charge is 2.46. The number of nitrogens with one attached hydrogen (secondary N) is 1. The second kappa shape index (κ2) is 5.21. The minimum Gasteiger partial charge on any atom is -0.342 e. The first kappa shape index (κ1) is 15.5. The Kier molecular flexibility index (Phi) is 4.48. The van der Waals surface area contributed by atoms with Crippen LogP contribution in [0.1, 0.15) is 27.7 Å². The summed E-state index contributed by atoms with van der Waals surface area (Å²) in [5.41, 5.74) is -0.132. The van der Waals surface area contributed by atoms with Gasteiger partial charge in [-0.2, -0.15) is 0 Å². The van der Waals surface area contributed by atoms with E-state index in [1.807, 2.05) is 47.9 Å². The minimum atomic E-state index is -0.570. The molecule has 0 aromatic carbocycles. The van der Waals surface area contributed by atoms with Gasteiger partial charge in [0.2, 0.25) is 0 Å². The summed E-state index contributed by atoms with van der Waals surface area (Å²) in [5.74, 6) is 0. The third-order valence-corrected chi connectivity index (χ3v) is 3.71. The maximum Gasteiger partial charge on any atom is 0.294 e. The van der Waals surface area contributed by atoms with Crippen molar-refractivity contribution in [1.82, 2.24) is 14.7 Å². The number of rotatable bonds is 3. The van der Waals surface area contributed by atoms with Gasteiger partial charge in [0.05, 0.1) is 11.1 Å². The van der Waals surface area contributed by atoms with Crippen LogP contribution in [0.4, 0.5) is 4.79 Å². The van der Waals surface area contributed by atoms with Crippen LogP contribution in [0.15, 0.2) is 11.6 Å². The van der Waals surface area contributed by atoms with Gasteiger partial charge in [0.25, 0.3) is 5.24 Å². The second-order valence-corrected chi connectivity index (χ2v) is 7.00. The molecular formula is C12H22N3O2S. The minimum absolute atomic E-state index is 0.112. The quantitative estimate of drug-likeness (QED) is 0.631. The fourth-order valence-electron chi connectivity index (χ4n) is 2.15. The van der Waals surface area contributed by atoms with E-state index in [0.717, 1.165) is 22.6 Å². The monoisotopic (exact) mass is 272 g/mol. The van der Waals surface area contributed by atoms with Crippen molar-refractivity contribution in [2.45, 2.75) is 38.8 Å². The first-order valence-corrected chi connectivity index (χ1v) is 6.67. The molecule has 1 N–H and O–H groups in total. The lowest BCUT2D eigenvalue weighted by Gasteiger charge is -2.34. The molecular weight excluding hydrogens is 250 g/mol. The van der Waals surface area contributed by atoms with Gasteiger partial charge >= 0.3 is 0 Å². The molecule has 1 heterocycles. The van der Waals surface area contributed by atoms with Crippen LogP contribution in [0.5, 0.6) is 0 Å². The Balaban J connectivity index is 2.65. The summed E-state index contributed by atoms with van der Waals surface area (Å²) in [6.45, 7) is 7.93. The van der Waals surface area contributed by atoms with E-state index in [-0.39, 0.29) is 5.24 Å². The Hall–Kier alpha value is -0.560. The van der Waals surface area contributed by atoms with E-state index in [0.29, 0.717) is 6.54 Å². The van der Waals surface area contributed by atoms with Crippen LogP contribution in [-0.2, 0) is 5.21 Å². The number of nitrogens with zero attached hydrogens (tertiary/aromatic N) is 2. The van der Waals surface area contributed by atoms with E-state index < -0.39 is 11.1 Å². The van der Waals surface area contributed by atoms with Crippen molar-refractivity contribution >= 4 is 17.2 Å². The van der Waals surface area contributed by atoms with Gasteiger partial charge in [-0.05, 0) is 47.4 Å². The number of carbonyl (C=O) groups excluding carboxylic acids is 1. The molecule has 1 radical (unpaired) electrons. The van der Waals surface area contributed by atoms with Gasteiger partial charge in [0.15, 0.2) is 0 Å². The van der Waals surface area contributed by atoms with Crippen LogP contribution >= 0.6 is 11.9 Å². The molecule has 0 unspecified atom stereocenters. The Morgan fingerprint density at radius 2 is 1.94 bits per heavy atom. The highest BCUT2D eigenvalue weighted by atomic mass is 32.2. The van der Waals surface area contributed by atoms with Gasteiger partial charge in [-0.15, -0.1) is 10.3 Å². The smallest absolute Gasteiger partial charge is 0.294 e. The molecule has 0 bridgehead atoms. The van der Waals surface area contributed by atoms with E-state index in [1.165, 1.54) is 0 Å². The fourth-order valence-corrected chi connectivity index (χ4v) is 2.61. The van der Waals surface area contributed by atoms with Crippen LogP contribution in [-0.4, -0.2) is 46.3 Å². The van der Waals surface area contributed by atoms with Crippen molar-refractivity contribution in [3.05, 3.63) is 11.6 Å². The number of carbonyl (C=O) groups is 1. The lowest BCUT2D eigenvalue weighted by molar-refractivity contribution is -0.238. The molecule has 6 heteroatoms. The van der Waals surface area contributed by atoms with Crippen molar-refractivity contribution in [3.8, 4) is 0 Å². The summed E-state index contributed by atoms with van der Waals surface area (Å²) in [4.78, 5) is 11.6. The van der Waals surface area contributed by atoms with Crippen molar-refractivity contribution in [2.75, 3.05) is 20.6 Å². The predicted octanol–water partition coefficient (Wildman–Crippen LogP) is 2.05. The van der Waals surface area contributed by atoms with Crippen molar-refractivity contribution in [2.24, 2.45) is 0 Å². The SMILES string of the molecule is CN(C)SC(=O)NCC1=CC(C)(C)N([O])C1(C)C. The van der Waals surface area contributed by atoms with Crippen LogP contribution in [0, 0.1) is 0 Å². The van der Waals surface area contributed by atoms with E-state index in [9.17, 15) is 10.0 Å². The van der Waals surface area contributed by atoms with Crippen molar-refractivity contribution in [3.63, 3.8) is 0 Å². The zero-order valence-corrected chi connectivity index (χ0v) is 12.7. The third-order valence-electron chi connectivity index (χ3n) is 3.03. The summed E-state index contributed by atoms with van der Waals surface area (Å²) in [6, 6.07) is 0. The molecule has 0 aliphatic carbocycles. The fraction of sp³-hybridized carbons (Fsp3) is 0.750. The zero-order valence-electron chi connectivity index (χ0n) is 11.9. The standard InChI is InChI=1S/C12H22N3O2S/c1-11(2)7-9(12(3,4)15(11)17)8-13-10(16)18-14(5)6/h7H,8H2,1-6H3,(H,13,16). The summed E-state index contributed by atoms with van der Waals surface area (Å²) in [5, 5.41) is 15.9. The maximum absolute atomic E-state index is 12.1. The van der Waals surface area contributed by atoms with Gasteiger partial charge in [-0.3, -0.25) is 4.79 Å². The second-order valence-electron chi connectivity index (χ2n) is 5.72. The van der Waals surface area contributed by atoms with Crippen molar-refractivity contribution in [1.29, 1.82) is 0 Å². The lowest BCUT2D eigenvalue weighted by Crippen LogP contribution is -2.47. The average Bonchev–Trinajstić information content (AvgIpc) is 2.35. The summed E-state index contributed by atoms with van der Waals surface area (Å²) in [6.07, 6.45) is 1.95. The Morgan fingerprint density at radius 3 is 2.33 bits per heavy atom. The molecule has 0 fully saturated rings. The molecule has 0 saturated carbocycles. The molecule has 0 saturated heterocycles. The number of hydroxylamine groups is 2. The van der Waals surface area contributed by atoms with Gasteiger partial charge in [0.1, 0.15) is 0 Å². The zero-order chi connectivity index (χ0) is 14.1. The summed E-state index contributed by atoms with van der Waals surface area (Å²) >= 11 is 1.10. The average molecular weight is 272 g/mol. The number of amides is 1. The van der Waals surface area contributed by atoms with E-state index in [4.69, 9.17) is 0 Å². The van der Waals surface area contributed by atoms with Crippen LogP contribution in [0.2, 0.25) is 0 Å². The predicted molar refractivity (Wildman–Crippen MR) is 73.4 cm³/mol. The largest absolute Gasteiger partial charge is 0.342 e. The molecule has 103 valence electrons. The molecule has 5 nitrogen and oxygen atoms in total. The lowest BCUT2D eigenvalue weighted by atomic mass is 9.97. The van der Waals surface area contributed by atoms with Crippen LogP contribution in [0.3, 0.4) is 0 Å². The first-order valence-electron chi connectivity index (χ1n) is 5.90. The third kappa shape index (κ3) is 3.26. The molecule has 1 aliphatic rings. The molecule has 1 amide bonds. The van der Waals surface area contributed by atoms with Gasteiger partial charge in [0, 0.05) is 18.5 Å². The number of hydrogen-bond donors (Lipinski definition) is 1. The maximum atomic E-state index is 12.1. The molecule has 1 aliphatic heterocycles. The number of hydrogen-bond acceptors (Lipinski definition) is 4. The first-order chi connectivity index (χ1) is 8.07. The molecule has 0 atom stereocenters. The van der Waals surface area contributed by atoms with Gasteiger partial charge in [-0.1, -0.05) is 6.08 Å². The normalized spacial score (nSPS) is 22.1. The molecule has 1 rings (SSSR count). The Morgan fingerprint density at radius 1 is 1.39 bits per heavy atom. The van der Waals surface area contributed by atoms with Crippen LogP contribution < -0.4 is 5.32 Å². The van der Waals surface area contributed by atoms with E-state index in [2.05, 4.69) is 5.32 Å². The van der Waals surface area contributed by atoms with Crippen molar-refractivity contribution < 1.29 is 10.0 Å². The molecule has 0 aromatic heterocycles. The molecule has 0 aromatic rings. The molecule has 18 heavy (non-hydrogen) atoms. The topological polar surface area (TPSA) is 55.5 Å². The van der Waals surface area contributed by atoms with Crippen LogP contribution in [0.25, 0.3) is 0 Å².